The van der Waals surface area contributed by atoms with E-state index in [1.807, 2.05) is 20.8 Å². The van der Waals surface area contributed by atoms with Crippen molar-refractivity contribution in [3.05, 3.63) is 16.1 Å². The van der Waals surface area contributed by atoms with Gasteiger partial charge in [-0.05, 0) is 20.8 Å². The maximum Gasteiger partial charge on any atom is 0.434 e. The number of alkyl halides is 3. The van der Waals surface area contributed by atoms with Gasteiger partial charge in [0, 0.05) is 32.0 Å². The quantitative estimate of drug-likeness (QED) is 0.585. The van der Waals surface area contributed by atoms with Crippen LogP contribution >= 0.6 is 11.3 Å². The monoisotopic (exact) mass is 352 g/mol. The summed E-state index contributed by atoms with van der Waals surface area (Å²) in [5, 5.41) is 7.64. The first-order valence-electron chi connectivity index (χ1n) is 7.27. The fourth-order valence-electron chi connectivity index (χ4n) is 1.52. The Morgan fingerprint density at radius 2 is 2.04 bits per heavy atom. The molecule has 5 nitrogen and oxygen atoms in total. The normalized spacial score (nSPS) is 13.3. The summed E-state index contributed by atoms with van der Waals surface area (Å²) < 4.78 is 42.8. The lowest BCUT2D eigenvalue weighted by molar-refractivity contribution is -0.140. The topological polar surface area (TPSA) is 58.5 Å². The van der Waals surface area contributed by atoms with E-state index in [9.17, 15) is 13.2 Å². The van der Waals surface area contributed by atoms with Gasteiger partial charge < -0.3 is 15.4 Å². The van der Waals surface area contributed by atoms with Crippen molar-refractivity contribution in [2.45, 2.75) is 39.0 Å². The van der Waals surface area contributed by atoms with Gasteiger partial charge in [0.25, 0.3) is 0 Å². The number of methoxy groups -OCH3 is 1. The number of ether oxygens (including phenoxy) is 1. The molecule has 0 aromatic carbocycles. The third kappa shape index (κ3) is 7.17. The molecule has 9 heteroatoms. The first kappa shape index (κ1) is 19.7. The Morgan fingerprint density at radius 3 is 2.57 bits per heavy atom. The molecule has 0 amide bonds. The molecule has 0 unspecified atom stereocenters. The summed E-state index contributed by atoms with van der Waals surface area (Å²) >= 11 is 1.01. The molecule has 1 aromatic heterocycles. The number of aliphatic imine (C=N–C) groups is 1. The fourth-order valence-corrected chi connectivity index (χ4v) is 2.32. The Bertz CT molecular complexity index is 514. The first-order chi connectivity index (χ1) is 10.7. The van der Waals surface area contributed by atoms with Gasteiger partial charge in [0.05, 0.1) is 17.2 Å². The van der Waals surface area contributed by atoms with Crippen molar-refractivity contribution < 1.29 is 17.9 Å². The Balaban J connectivity index is 2.53. The van der Waals surface area contributed by atoms with Crippen molar-refractivity contribution in [3.63, 3.8) is 0 Å². The first-order valence-corrected chi connectivity index (χ1v) is 8.15. The van der Waals surface area contributed by atoms with Crippen LogP contribution in [0.25, 0.3) is 0 Å². The summed E-state index contributed by atoms with van der Waals surface area (Å²) in [7, 11) is 1.62. The van der Waals surface area contributed by atoms with Gasteiger partial charge in [-0.25, -0.2) is 4.98 Å². The van der Waals surface area contributed by atoms with Crippen molar-refractivity contribution in [2.24, 2.45) is 4.99 Å². The molecular weight excluding hydrogens is 329 g/mol. The minimum absolute atomic E-state index is 0.376. The predicted molar refractivity (Wildman–Crippen MR) is 85.9 cm³/mol. The van der Waals surface area contributed by atoms with E-state index >= 15 is 0 Å². The molecule has 23 heavy (non-hydrogen) atoms. The molecule has 1 aromatic rings. The lowest BCUT2D eigenvalue weighted by Gasteiger charge is -2.21. The summed E-state index contributed by atoms with van der Waals surface area (Å²) in [5.74, 6) is 0.602. The predicted octanol–water partition coefficient (Wildman–Crippen LogP) is 2.68. The molecule has 132 valence electrons. The van der Waals surface area contributed by atoms with Gasteiger partial charge in [-0.2, -0.15) is 13.2 Å². The van der Waals surface area contributed by atoms with Gasteiger partial charge in [0.1, 0.15) is 0 Å². The van der Waals surface area contributed by atoms with Crippen LogP contribution in [-0.4, -0.2) is 43.3 Å². The highest BCUT2D eigenvalue weighted by molar-refractivity contribution is 7.09. The molecule has 0 aliphatic rings. The maximum atomic E-state index is 12.5. The smallest absolute Gasteiger partial charge is 0.377 e. The number of halogens is 3. The molecule has 0 aliphatic heterocycles. The number of rotatable bonds is 7. The molecule has 1 heterocycles. The van der Waals surface area contributed by atoms with E-state index < -0.39 is 11.9 Å². The number of hydrogen-bond donors (Lipinski definition) is 2. The van der Waals surface area contributed by atoms with Crippen molar-refractivity contribution >= 4 is 17.3 Å². The van der Waals surface area contributed by atoms with E-state index in [0.717, 1.165) is 16.7 Å². The summed E-state index contributed by atoms with van der Waals surface area (Å²) in [6.07, 6.45) is -3.98. The highest BCUT2D eigenvalue weighted by atomic mass is 32.1. The second kappa shape index (κ2) is 8.49. The fraction of sp³-hybridized carbons (Fsp3) is 0.714. The van der Waals surface area contributed by atoms with Crippen LogP contribution < -0.4 is 10.6 Å². The number of thiazole rings is 1. The molecule has 0 saturated carbocycles. The van der Waals surface area contributed by atoms with Crippen LogP contribution in [-0.2, 0) is 17.3 Å². The van der Waals surface area contributed by atoms with Gasteiger partial charge in [-0.1, -0.05) is 0 Å². The van der Waals surface area contributed by atoms with E-state index in [1.54, 1.807) is 7.11 Å². The third-order valence-corrected chi connectivity index (χ3v) is 3.90. The molecule has 0 radical (unpaired) electrons. The van der Waals surface area contributed by atoms with Gasteiger partial charge in [-0.15, -0.1) is 11.3 Å². The highest BCUT2D eigenvalue weighted by Crippen LogP contribution is 2.29. The Morgan fingerprint density at radius 1 is 1.35 bits per heavy atom. The average Bonchev–Trinajstić information content (AvgIpc) is 2.94. The third-order valence-electron chi connectivity index (χ3n) is 2.99. The van der Waals surface area contributed by atoms with Crippen LogP contribution in [0.3, 0.4) is 0 Å². The van der Waals surface area contributed by atoms with Gasteiger partial charge in [0.15, 0.2) is 11.7 Å². The van der Waals surface area contributed by atoms with Crippen LogP contribution in [0.15, 0.2) is 10.4 Å². The number of guanidine groups is 1. The standard InChI is InChI=1S/C14H23F3N4OS/c1-5-18-12(20-9-13(2,3)22-4)19-7-6-11-21-10(8-23-11)14(15,16)17/h8H,5-7,9H2,1-4H3,(H2,18,19,20). The molecule has 0 bridgehead atoms. The summed E-state index contributed by atoms with van der Waals surface area (Å²) in [5.41, 5.74) is -1.21. The molecule has 0 fully saturated rings. The van der Waals surface area contributed by atoms with Gasteiger partial charge >= 0.3 is 6.18 Å². The molecular formula is C14H23F3N4OS. The van der Waals surface area contributed by atoms with Crippen LogP contribution in [0, 0.1) is 0 Å². The summed E-state index contributed by atoms with van der Waals surface area (Å²) in [4.78, 5) is 8.00. The highest BCUT2D eigenvalue weighted by Gasteiger charge is 2.33. The zero-order chi connectivity index (χ0) is 17.5. The van der Waals surface area contributed by atoms with E-state index in [4.69, 9.17) is 4.74 Å². The van der Waals surface area contributed by atoms with E-state index in [0.29, 0.717) is 37.0 Å². The number of nitrogens with zero attached hydrogens (tertiary/aromatic N) is 2. The largest absolute Gasteiger partial charge is 0.434 e. The van der Waals surface area contributed by atoms with Crippen molar-refractivity contribution in [1.82, 2.24) is 15.6 Å². The number of nitrogens with one attached hydrogen (secondary N) is 2. The average molecular weight is 352 g/mol. The Hall–Kier alpha value is -1.35. The van der Waals surface area contributed by atoms with Crippen molar-refractivity contribution in [1.29, 1.82) is 0 Å². The van der Waals surface area contributed by atoms with Gasteiger partial charge in [0.2, 0.25) is 0 Å². The molecule has 2 N–H and O–H groups in total. The SMILES string of the molecule is CCNC(=NCC(C)(C)OC)NCCc1nc(C(F)(F)F)cs1. The second-order valence-electron chi connectivity index (χ2n) is 5.46. The molecule has 0 saturated heterocycles. The van der Waals surface area contributed by atoms with Crippen LogP contribution in [0.5, 0.6) is 0 Å². The van der Waals surface area contributed by atoms with E-state index in [2.05, 4.69) is 20.6 Å². The molecule has 1 rings (SSSR count). The van der Waals surface area contributed by atoms with E-state index in [-0.39, 0.29) is 5.60 Å². The molecule has 0 atom stereocenters. The zero-order valence-electron chi connectivity index (χ0n) is 13.8. The lowest BCUT2D eigenvalue weighted by Crippen LogP contribution is -2.40. The number of hydrogen-bond acceptors (Lipinski definition) is 4. The van der Waals surface area contributed by atoms with Crippen LogP contribution in [0.1, 0.15) is 31.5 Å². The Kier molecular flexibility index (Phi) is 7.27. The van der Waals surface area contributed by atoms with Crippen molar-refractivity contribution in [3.8, 4) is 0 Å². The Labute approximate surface area is 138 Å². The van der Waals surface area contributed by atoms with Crippen molar-refractivity contribution in [2.75, 3.05) is 26.7 Å². The summed E-state index contributed by atoms with van der Waals surface area (Å²) in [6, 6.07) is 0. The maximum absolute atomic E-state index is 12.5. The van der Waals surface area contributed by atoms with Crippen LogP contribution in [0.4, 0.5) is 13.2 Å². The lowest BCUT2D eigenvalue weighted by atomic mass is 10.1. The molecule has 0 spiro atoms. The number of aromatic nitrogens is 1. The zero-order valence-corrected chi connectivity index (χ0v) is 14.6. The van der Waals surface area contributed by atoms with E-state index in [1.165, 1.54) is 0 Å². The minimum atomic E-state index is -4.38. The van der Waals surface area contributed by atoms with Crippen LogP contribution in [0.2, 0.25) is 0 Å². The second-order valence-corrected chi connectivity index (χ2v) is 6.40. The minimum Gasteiger partial charge on any atom is -0.377 e. The van der Waals surface area contributed by atoms with Gasteiger partial charge in [-0.3, -0.25) is 4.99 Å². The summed E-state index contributed by atoms with van der Waals surface area (Å²) in [6.45, 7) is 7.39. The molecule has 0 aliphatic carbocycles.